The third-order valence-electron chi connectivity index (χ3n) is 7.23. The standard InChI is InChI=1S/C24H20F3N5O2/c25-24(26,27)14-5-6-19-28-11-18(32(19)12-14)22(34)29-15-9-23(10-15)7-13(8-23)20-16-3-1-2-4-17(16)21(33)31-30-20/h1-6,11-13,15H,7-10H2,(H,29,34)(H,31,33)/t13-,15-,23?. The van der Waals surface area contributed by atoms with E-state index in [-0.39, 0.29) is 34.3 Å². The molecule has 1 aromatic carbocycles. The number of benzene rings is 1. The lowest BCUT2D eigenvalue weighted by Crippen LogP contribution is -2.55. The number of aromatic nitrogens is 4. The lowest BCUT2D eigenvalue weighted by molar-refractivity contribution is -0.137. The molecule has 34 heavy (non-hydrogen) atoms. The number of fused-ring (bicyclic) bond motifs is 2. The van der Waals surface area contributed by atoms with Crippen LogP contribution in [0.4, 0.5) is 13.2 Å². The van der Waals surface area contributed by atoms with Crippen molar-refractivity contribution in [3.05, 3.63) is 76.1 Å². The van der Waals surface area contributed by atoms with Crippen LogP contribution in [-0.4, -0.2) is 31.5 Å². The van der Waals surface area contributed by atoms with Crippen molar-refractivity contribution in [2.24, 2.45) is 5.41 Å². The summed E-state index contributed by atoms with van der Waals surface area (Å²) in [6.45, 7) is 0. The zero-order valence-electron chi connectivity index (χ0n) is 17.9. The van der Waals surface area contributed by atoms with Gasteiger partial charge < -0.3 is 5.32 Å². The van der Waals surface area contributed by atoms with Gasteiger partial charge in [-0.15, -0.1) is 0 Å². The van der Waals surface area contributed by atoms with Crippen LogP contribution in [0.2, 0.25) is 0 Å². The molecule has 174 valence electrons. The highest BCUT2D eigenvalue weighted by molar-refractivity contribution is 5.93. The molecule has 3 heterocycles. The van der Waals surface area contributed by atoms with Crippen molar-refractivity contribution in [3.63, 3.8) is 0 Å². The van der Waals surface area contributed by atoms with Crippen LogP contribution >= 0.6 is 0 Å². The molecule has 0 saturated heterocycles. The maximum Gasteiger partial charge on any atom is 0.417 e. The number of amides is 1. The smallest absolute Gasteiger partial charge is 0.348 e. The zero-order chi connectivity index (χ0) is 23.7. The molecule has 2 N–H and O–H groups in total. The number of H-pyrrole nitrogens is 1. The SMILES string of the molecule is O=C(N[C@H]1CC2(C1)C[C@H](c1n[nH]c(=O)c3ccccc31)C2)c1cnc2ccc(C(F)(F)F)cn12. The number of carbonyl (C=O) groups is 1. The van der Waals surface area contributed by atoms with Crippen LogP contribution in [0, 0.1) is 5.41 Å². The number of rotatable bonds is 3. The lowest BCUT2D eigenvalue weighted by Gasteiger charge is -2.57. The van der Waals surface area contributed by atoms with E-state index >= 15 is 0 Å². The highest BCUT2D eigenvalue weighted by atomic mass is 19.4. The van der Waals surface area contributed by atoms with Gasteiger partial charge in [0.1, 0.15) is 11.3 Å². The molecule has 10 heteroatoms. The molecule has 2 saturated carbocycles. The Morgan fingerprint density at radius 2 is 1.82 bits per heavy atom. The van der Waals surface area contributed by atoms with Gasteiger partial charge in [-0.3, -0.25) is 14.0 Å². The van der Waals surface area contributed by atoms with Gasteiger partial charge in [0.2, 0.25) is 0 Å². The maximum absolute atomic E-state index is 13.1. The number of aromatic amines is 1. The first-order chi connectivity index (χ1) is 16.2. The third-order valence-corrected chi connectivity index (χ3v) is 7.23. The quantitative estimate of drug-likeness (QED) is 0.476. The number of imidazole rings is 1. The Morgan fingerprint density at radius 1 is 1.09 bits per heavy atom. The maximum atomic E-state index is 13.1. The predicted octanol–water partition coefficient (Wildman–Crippen LogP) is 4.05. The van der Waals surface area contributed by atoms with E-state index in [1.807, 2.05) is 18.2 Å². The van der Waals surface area contributed by atoms with Crippen LogP contribution in [0.3, 0.4) is 0 Å². The molecular formula is C24H20F3N5O2. The Kier molecular flexibility index (Phi) is 4.39. The molecule has 3 aromatic heterocycles. The van der Waals surface area contributed by atoms with Gasteiger partial charge in [-0.25, -0.2) is 10.1 Å². The minimum absolute atomic E-state index is 0.0370. The van der Waals surface area contributed by atoms with E-state index in [2.05, 4.69) is 20.5 Å². The van der Waals surface area contributed by atoms with Crippen molar-refractivity contribution in [2.75, 3.05) is 0 Å². The van der Waals surface area contributed by atoms with Crippen LogP contribution in [0.1, 0.15) is 53.3 Å². The highest BCUT2D eigenvalue weighted by Gasteiger charge is 2.54. The summed E-state index contributed by atoms with van der Waals surface area (Å²) >= 11 is 0. The van der Waals surface area contributed by atoms with Crippen molar-refractivity contribution < 1.29 is 18.0 Å². The molecule has 0 bridgehead atoms. The number of carbonyl (C=O) groups excluding carboxylic acids is 1. The van der Waals surface area contributed by atoms with Gasteiger partial charge in [-0.05, 0) is 49.3 Å². The fourth-order valence-electron chi connectivity index (χ4n) is 5.62. The third kappa shape index (κ3) is 3.27. The number of hydrogen-bond donors (Lipinski definition) is 2. The van der Waals surface area contributed by atoms with Crippen LogP contribution in [0.25, 0.3) is 16.4 Å². The fraction of sp³-hybridized carbons (Fsp3) is 0.333. The summed E-state index contributed by atoms with van der Waals surface area (Å²) in [5.74, 6) is -0.186. The first-order valence-corrected chi connectivity index (χ1v) is 11.0. The van der Waals surface area contributed by atoms with E-state index in [9.17, 15) is 22.8 Å². The van der Waals surface area contributed by atoms with E-state index in [0.29, 0.717) is 5.39 Å². The monoisotopic (exact) mass is 467 g/mol. The number of alkyl halides is 3. The lowest BCUT2D eigenvalue weighted by atomic mass is 9.49. The summed E-state index contributed by atoms with van der Waals surface area (Å²) < 4.78 is 40.4. The Balaban J connectivity index is 1.12. The molecule has 0 aliphatic heterocycles. The van der Waals surface area contributed by atoms with Crippen molar-refractivity contribution in [3.8, 4) is 0 Å². The van der Waals surface area contributed by atoms with E-state index in [4.69, 9.17) is 0 Å². The van der Waals surface area contributed by atoms with E-state index in [1.165, 1.54) is 16.7 Å². The second kappa shape index (κ2) is 7.15. The zero-order valence-corrected chi connectivity index (χ0v) is 17.9. The van der Waals surface area contributed by atoms with E-state index in [1.54, 1.807) is 6.07 Å². The van der Waals surface area contributed by atoms with Crippen molar-refractivity contribution in [1.29, 1.82) is 0 Å². The predicted molar refractivity (Wildman–Crippen MR) is 117 cm³/mol. The van der Waals surface area contributed by atoms with Crippen LogP contribution in [0.15, 0.2) is 53.6 Å². The molecule has 2 aliphatic carbocycles. The molecule has 0 atom stereocenters. The van der Waals surface area contributed by atoms with Crippen LogP contribution < -0.4 is 10.9 Å². The van der Waals surface area contributed by atoms with Crippen molar-refractivity contribution >= 4 is 22.3 Å². The minimum Gasteiger partial charge on any atom is -0.348 e. The summed E-state index contributed by atoms with van der Waals surface area (Å²) in [5.41, 5.74) is 0.362. The van der Waals surface area contributed by atoms with Gasteiger partial charge in [-0.1, -0.05) is 18.2 Å². The molecule has 1 amide bonds. The highest BCUT2D eigenvalue weighted by Crippen LogP contribution is 2.62. The van der Waals surface area contributed by atoms with Crippen LogP contribution in [-0.2, 0) is 6.18 Å². The Bertz CT molecular complexity index is 1490. The molecule has 2 aliphatic rings. The van der Waals surface area contributed by atoms with Gasteiger partial charge in [0.25, 0.3) is 11.5 Å². The summed E-state index contributed by atoms with van der Waals surface area (Å²) in [6, 6.07) is 9.60. The number of hydrogen-bond acceptors (Lipinski definition) is 4. The van der Waals surface area contributed by atoms with Crippen molar-refractivity contribution in [1.82, 2.24) is 24.9 Å². The number of nitrogens with zero attached hydrogens (tertiary/aromatic N) is 3. The van der Waals surface area contributed by atoms with Crippen LogP contribution in [0.5, 0.6) is 0 Å². The first kappa shape index (κ1) is 20.9. The normalized spacial score (nSPS) is 24.2. The van der Waals surface area contributed by atoms with Gasteiger partial charge in [0, 0.05) is 23.5 Å². The van der Waals surface area contributed by atoms with Gasteiger partial charge in [0.15, 0.2) is 0 Å². The Hall–Kier alpha value is -3.69. The van der Waals surface area contributed by atoms with Gasteiger partial charge in [0.05, 0.1) is 22.8 Å². The average Bonchev–Trinajstić information content (AvgIpc) is 3.18. The number of pyridine rings is 1. The second-order valence-electron chi connectivity index (χ2n) is 9.45. The molecule has 0 unspecified atom stereocenters. The summed E-state index contributed by atoms with van der Waals surface area (Å²) in [7, 11) is 0. The summed E-state index contributed by atoms with van der Waals surface area (Å²) in [4.78, 5) is 28.8. The Labute approximate surface area is 191 Å². The molecule has 2 fully saturated rings. The average molecular weight is 467 g/mol. The molecule has 4 aromatic rings. The minimum atomic E-state index is -4.50. The molecule has 6 rings (SSSR count). The number of nitrogens with one attached hydrogen (secondary N) is 2. The fourth-order valence-corrected chi connectivity index (χ4v) is 5.62. The molecule has 1 spiro atoms. The second-order valence-corrected chi connectivity index (χ2v) is 9.45. The van der Waals surface area contributed by atoms with E-state index < -0.39 is 17.6 Å². The first-order valence-electron chi connectivity index (χ1n) is 11.0. The molecule has 0 radical (unpaired) electrons. The van der Waals surface area contributed by atoms with Crippen molar-refractivity contribution in [2.45, 2.75) is 43.8 Å². The molecule has 7 nitrogen and oxygen atoms in total. The molecular weight excluding hydrogens is 447 g/mol. The largest absolute Gasteiger partial charge is 0.417 e. The Morgan fingerprint density at radius 3 is 2.56 bits per heavy atom. The summed E-state index contributed by atoms with van der Waals surface area (Å²) in [6.07, 6.45) is 1.16. The number of halogens is 3. The van der Waals surface area contributed by atoms with Gasteiger partial charge in [-0.2, -0.15) is 18.3 Å². The van der Waals surface area contributed by atoms with Gasteiger partial charge >= 0.3 is 6.18 Å². The topological polar surface area (TPSA) is 92.1 Å². The van der Waals surface area contributed by atoms with E-state index in [0.717, 1.165) is 49.0 Å². The summed E-state index contributed by atoms with van der Waals surface area (Å²) in [5, 5.41) is 11.4.